The summed E-state index contributed by atoms with van der Waals surface area (Å²) in [4.78, 5) is 0. The van der Waals surface area contributed by atoms with Crippen LogP contribution in [0.2, 0.25) is 0 Å². The first-order valence-electron chi connectivity index (χ1n) is 7.15. The molecule has 2 aromatic carbocycles. The fourth-order valence-corrected chi connectivity index (χ4v) is 2.32. The largest absolute Gasteiger partial charge is 0.493 e. The Kier molecular flexibility index (Phi) is 5.23. The van der Waals surface area contributed by atoms with Gasteiger partial charge in [-0.05, 0) is 37.1 Å². The highest BCUT2D eigenvalue weighted by Gasteiger charge is 2.07. The molecule has 0 heterocycles. The molecular formula is C18H23NO2. The van der Waals surface area contributed by atoms with Crippen molar-refractivity contribution in [2.45, 2.75) is 26.4 Å². The topological polar surface area (TPSA) is 30.5 Å². The molecule has 112 valence electrons. The highest BCUT2D eigenvalue weighted by Crippen LogP contribution is 2.27. The molecule has 3 nitrogen and oxygen atoms in total. The molecule has 2 aromatic rings. The lowest BCUT2D eigenvalue weighted by atomic mass is 10.1. The van der Waals surface area contributed by atoms with Crippen molar-refractivity contribution in [2.75, 3.05) is 14.2 Å². The maximum absolute atomic E-state index is 5.33. The monoisotopic (exact) mass is 285 g/mol. The van der Waals surface area contributed by atoms with E-state index in [2.05, 4.69) is 49.5 Å². The van der Waals surface area contributed by atoms with Gasteiger partial charge in [0.2, 0.25) is 0 Å². The third-order valence-corrected chi connectivity index (χ3v) is 3.60. The SMILES string of the molecule is COc1ccc(CN[C@H](C)c2cccc(C)c2)cc1OC. The summed E-state index contributed by atoms with van der Waals surface area (Å²) < 4.78 is 10.6. The van der Waals surface area contributed by atoms with E-state index in [0.29, 0.717) is 6.04 Å². The van der Waals surface area contributed by atoms with Crippen LogP contribution in [0.4, 0.5) is 0 Å². The number of benzene rings is 2. The predicted molar refractivity (Wildman–Crippen MR) is 86.0 cm³/mol. The smallest absolute Gasteiger partial charge is 0.161 e. The normalized spacial score (nSPS) is 12.0. The lowest BCUT2D eigenvalue weighted by Crippen LogP contribution is -2.18. The summed E-state index contributed by atoms with van der Waals surface area (Å²) in [5, 5.41) is 3.53. The first-order valence-corrected chi connectivity index (χ1v) is 7.15. The summed E-state index contributed by atoms with van der Waals surface area (Å²) in [6.07, 6.45) is 0. The van der Waals surface area contributed by atoms with Crippen molar-refractivity contribution in [1.82, 2.24) is 5.32 Å². The van der Waals surface area contributed by atoms with Gasteiger partial charge in [0, 0.05) is 12.6 Å². The summed E-state index contributed by atoms with van der Waals surface area (Å²) in [6, 6.07) is 14.9. The summed E-state index contributed by atoms with van der Waals surface area (Å²) in [5.41, 5.74) is 3.76. The number of aryl methyl sites for hydroxylation is 1. The average molecular weight is 285 g/mol. The van der Waals surface area contributed by atoms with Crippen LogP contribution < -0.4 is 14.8 Å². The Labute approximate surface area is 126 Å². The summed E-state index contributed by atoms with van der Waals surface area (Å²) in [7, 11) is 3.31. The molecule has 0 aliphatic rings. The third-order valence-electron chi connectivity index (χ3n) is 3.60. The molecule has 0 fully saturated rings. The summed E-state index contributed by atoms with van der Waals surface area (Å²) in [5.74, 6) is 1.52. The number of ether oxygens (including phenoxy) is 2. The minimum absolute atomic E-state index is 0.304. The van der Waals surface area contributed by atoms with Crippen molar-refractivity contribution in [2.24, 2.45) is 0 Å². The van der Waals surface area contributed by atoms with Gasteiger partial charge in [-0.2, -0.15) is 0 Å². The molecule has 0 unspecified atom stereocenters. The molecule has 1 N–H and O–H groups in total. The van der Waals surface area contributed by atoms with Gasteiger partial charge in [0.05, 0.1) is 14.2 Å². The second-order valence-corrected chi connectivity index (χ2v) is 5.21. The first-order chi connectivity index (χ1) is 10.1. The minimum atomic E-state index is 0.304. The van der Waals surface area contributed by atoms with Crippen LogP contribution in [-0.4, -0.2) is 14.2 Å². The maximum atomic E-state index is 5.33. The second-order valence-electron chi connectivity index (χ2n) is 5.21. The molecule has 0 spiro atoms. The number of nitrogens with one attached hydrogen (secondary N) is 1. The van der Waals surface area contributed by atoms with E-state index in [1.54, 1.807) is 14.2 Å². The molecule has 0 aliphatic carbocycles. The van der Waals surface area contributed by atoms with Crippen LogP contribution in [0.5, 0.6) is 11.5 Å². The van der Waals surface area contributed by atoms with Crippen LogP contribution in [0, 0.1) is 6.92 Å². The van der Waals surface area contributed by atoms with Gasteiger partial charge >= 0.3 is 0 Å². The standard InChI is InChI=1S/C18H23NO2/c1-13-6-5-7-16(10-13)14(2)19-12-15-8-9-17(20-3)18(11-15)21-4/h5-11,14,19H,12H2,1-4H3/t14-/m1/s1. The summed E-state index contributed by atoms with van der Waals surface area (Å²) >= 11 is 0. The molecular weight excluding hydrogens is 262 g/mol. The molecule has 0 saturated heterocycles. The molecule has 0 saturated carbocycles. The van der Waals surface area contributed by atoms with Crippen LogP contribution in [0.1, 0.15) is 29.7 Å². The summed E-state index contributed by atoms with van der Waals surface area (Å²) in [6.45, 7) is 5.08. The molecule has 21 heavy (non-hydrogen) atoms. The Morgan fingerprint density at radius 3 is 2.43 bits per heavy atom. The molecule has 0 amide bonds. The fourth-order valence-electron chi connectivity index (χ4n) is 2.32. The second kappa shape index (κ2) is 7.14. The van der Waals surface area contributed by atoms with Crippen molar-refractivity contribution in [3.05, 3.63) is 59.2 Å². The molecule has 0 bridgehead atoms. The van der Waals surface area contributed by atoms with Crippen molar-refractivity contribution < 1.29 is 9.47 Å². The van der Waals surface area contributed by atoms with E-state index >= 15 is 0 Å². The van der Waals surface area contributed by atoms with Gasteiger partial charge in [-0.3, -0.25) is 0 Å². The highest BCUT2D eigenvalue weighted by atomic mass is 16.5. The van der Waals surface area contributed by atoms with Crippen LogP contribution in [0.15, 0.2) is 42.5 Å². The van der Waals surface area contributed by atoms with E-state index in [9.17, 15) is 0 Å². The molecule has 0 aliphatic heterocycles. The van der Waals surface area contributed by atoms with Crippen LogP contribution in [-0.2, 0) is 6.54 Å². The number of hydrogen-bond donors (Lipinski definition) is 1. The predicted octanol–water partition coefficient (Wildman–Crippen LogP) is 3.86. The van der Waals surface area contributed by atoms with Gasteiger partial charge in [-0.1, -0.05) is 35.9 Å². The molecule has 0 aromatic heterocycles. The van der Waals surface area contributed by atoms with E-state index in [-0.39, 0.29) is 0 Å². The third kappa shape index (κ3) is 3.99. The first kappa shape index (κ1) is 15.4. The van der Waals surface area contributed by atoms with Gasteiger partial charge < -0.3 is 14.8 Å². The van der Waals surface area contributed by atoms with Gasteiger partial charge in [-0.15, -0.1) is 0 Å². The van der Waals surface area contributed by atoms with Gasteiger partial charge in [0.15, 0.2) is 11.5 Å². The average Bonchev–Trinajstić information content (AvgIpc) is 2.52. The highest BCUT2D eigenvalue weighted by molar-refractivity contribution is 5.42. The maximum Gasteiger partial charge on any atom is 0.161 e. The number of rotatable bonds is 6. The Bertz CT molecular complexity index is 596. The van der Waals surface area contributed by atoms with Crippen LogP contribution >= 0.6 is 0 Å². The molecule has 2 rings (SSSR count). The molecule has 1 atom stereocenters. The fraction of sp³-hybridized carbons (Fsp3) is 0.333. The van der Waals surface area contributed by atoms with E-state index in [1.165, 1.54) is 16.7 Å². The lowest BCUT2D eigenvalue weighted by Gasteiger charge is -2.16. The van der Waals surface area contributed by atoms with Crippen molar-refractivity contribution >= 4 is 0 Å². The Morgan fingerprint density at radius 2 is 1.76 bits per heavy atom. The number of hydrogen-bond acceptors (Lipinski definition) is 3. The zero-order valence-electron chi connectivity index (χ0n) is 13.1. The minimum Gasteiger partial charge on any atom is -0.493 e. The quantitative estimate of drug-likeness (QED) is 0.874. The van der Waals surface area contributed by atoms with Crippen LogP contribution in [0.25, 0.3) is 0 Å². The number of methoxy groups -OCH3 is 2. The molecule has 3 heteroatoms. The van der Waals surface area contributed by atoms with Gasteiger partial charge in [-0.25, -0.2) is 0 Å². The van der Waals surface area contributed by atoms with Gasteiger partial charge in [0.1, 0.15) is 0 Å². The van der Waals surface area contributed by atoms with Crippen molar-refractivity contribution in [1.29, 1.82) is 0 Å². The Balaban J connectivity index is 2.02. The Hall–Kier alpha value is -2.00. The van der Waals surface area contributed by atoms with E-state index in [4.69, 9.17) is 9.47 Å². The molecule has 0 radical (unpaired) electrons. The van der Waals surface area contributed by atoms with E-state index in [1.807, 2.05) is 12.1 Å². The van der Waals surface area contributed by atoms with Crippen molar-refractivity contribution in [3.63, 3.8) is 0 Å². The van der Waals surface area contributed by atoms with Crippen LogP contribution in [0.3, 0.4) is 0 Å². The lowest BCUT2D eigenvalue weighted by molar-refractivity contribution is 0.354. The van der Waals surface area contributed by atoms with E-state index in [0.717, 1.165) is 18.0 Å². The zero-order valence-corrected chi connectivity index (χ0v) is 13.1. The van der Waals surface area contributed by atoms with E-state index < -0.39 is 0 Å². The van der Waals surface area contributed by atoms with Gasteiger partial charge in [0.25, 0.3) is 0 Å². The zero-order chi connectivity index (χ0) is 15.2. The Morgan fingerprint density at radius 1 is 1.00 bits per heavy atom. The van der Waals surface area contributed by atoms with Crippen molar-refractivity contribution in [3.8, 4) is 11.5 Å².